The number of morpholine rings is 1. The molecule has 0 radical (unpaired) electrons. The van der Waals surface area contributed by atoms with Crippen LogP contribution >= 0.6 is 0 Å². The van der Waals surface area contributed by atoms with Crippen LogP contribution in [0.3, 0.4) is 0 Å². The number of benzene rings is 1. The van der Waals surface area contributed by atoms with Crippen LogP contribution in [0.2, 0.25) is 0 Å². The molecule has 0 aliphatic carbocycles. The number of para-hydroxylation sites is 1. The van der Waals surface area contributed by atoms with Gasteiger partial charge >= 0.3 is 6.03 Å². The van der Waals surface area contributed by atoms with Gasteiger partial charge in [0, 0.05) is 18.8 Å². The normalized spacial score (nSPS) is 23.2. The summed E-state index contributed by atoms with van der Waals surface area (Å²) < 4.78 is 5.52. The molecular formula is C18H23N3O3. The van der Waals surface area contributed by atoms with Crippen LogP contribution in [0.1, 0.15) is 18.4 Å². The van der Waals surface area contributed by atoms with E-state index in [0.717, 1.165) is 30.5 Å². The quantitative estimate of drug-likeness (QED) is 0.829. The van der Waals surface area contributed by atoms with Crippen LogP contribution in [0.5, 0.6) is 0 Å². The summed E-state index contributed by atoms with van der Waals surface area (Å²) in [5, 5.41) is 5.90. The molecule has 2 N–H and O–H groups in total. The van der Waals surface area contributed by atoms with E-state index in [2.05, 4.69) is 17.2 Å². The van der Waals surface area contributed by atoms with Crippen molar-refractivity contribution < 1.29 is 14.3 Å². The third-order valence-electron chi connectivity index (χ3n) is 4.49. The fraction of sp³-hybridized carbons (Fsp3) is 0.444. The molecule has 0 bridgehead atoms. The Bertz CT molecular complexity index is 632. The van der Waals surface area contributed by atoms with Gasteiger partial charge in [-0.15, -0.1) is 6.58 Å². The molecule has 2 atom stereocenters. The lowest BCUT2D eigenvalue weighted by molar-refractivity contribution is -0.139. The summed E-state index contributed by atoms with van der Waals surface area (Å²) in [7, 11) is 0. The predicted molar refractivity (Wildman–Crippen MR) is 91.8 cm³/mol. The van der Waals surface area contributed by atoms with Crippen molar-refractivity contribution in [2.75, 3.05) is 25.0 Å². The van der Waals surface area contributed by atoms with E-state index in [9.17, 15) is 9.59 Å². The average Bonchev–Trinajstić information content (AvgIpc) is 2.60. The summed E-state index contributed by atoms with van der Waals surface area (Å²) in [6.07, 6.45) is 4.32. The molecule has 128 valence electrons. The van der Waals surface area contributed by atoms with Gasteiger partial charge in [0.05, 0.1) is 12.1 Å². The zero-order valence-corrected chi connectivity index (χ0v) is 13.7. The number of anilines is 1. The number of allylic oxidation sites excluding steroid dienone is 1. The Balaban J connectivity index is 1.63. The lowest BCUT2D eigenvalue weighted by Gasteiger charge is -2.41. The third-order valence-corrected chi connectivity index (χ3v) is 4.49. The number of amides is 3. The SMILES string of the molecule is C=CCCc1ccccc1NC(=O)N1CC[C@H]2OCC(=O)N[C@H]2C1. The van der Waals surface area contributed by atoms with E-state index in [1.165, 1.54) is 0 Å². The molecule has 0 aromatic heterocycles. The highest BCUT2D eigenvalue weighted by atomic mass is 16.5. The first kappa shape index (κ1) is 16.5. The Labute approximate surface area is 141 Å². The van der Waals surface area contributed by atoms with Gasteiger partial charge in [0.25, 0.3) is 0 Å². The highest BCUT2D eigenvalue weighted by molar-refractivity contribution is 5.90. The summed E-state index contributed by atoms with van der Waals surface area (Å²) in [6, 6.07) is 7.54. The summed E-state index contributed by atoms with van der Waals surface area (Å²) >= 11 is 0. The van der Waals surface area contributed by atoms with Gasteiger partial charge in [0.2, 0.25) is 5.91 Å². The van der Waals surface area contributed by atoms with E-state index in [1.807, 2.05) is 30.3 Å². The number of fused-ring (bicyclic) bond motifs is 1. The first-order valence-electron chi connectivity index (χ1n) is 8.33. The number of ether oxygens (including phenoxy) is 1. The number of urea groups is 1. The fourth-order valence-electron chi connectivity index (χ4n) is 3.20. The van der Waals surface area contributed by atoms with E-state index in [1.54, 1.807) is 4.90 Å². The van der Waals surface area contributed by atoms with Gasteiger partial charge < -0.3 is 20.3 Å². The number of carbonyl (C=O) groups excluding carboxylic acids is 2. The highest BCUT2D eigenvalue weighted by Gasteiger charge is 2.36. The summed E-state index contributed by atoms with van der Waals surface area (Å²) in [4.78, 5) is 25.8. The molecule has 24 heavy (non-hydrogen) atoms. The largest absolute Gasteiger partial charge is 0.366 e. The summed E-state index contributed by atoms with van der Waals surface area (Å²) in [5.74, 6) is -0.117. The highest BCUT2D eigenvalue weighted by Crippen LogP contribution is 2.21. The van der Waals surface area contributed by atoms with Crippen molar-refractivity contribution in [3.63, 3.8) is 0 Å². The van der Waals surface area contributed by atoms with Crippen LogP contribution in [0.15, 0.2) is 36.9 Å². The maximum atomic E-state index is 12.6. The number of hydrogen-bond donors (Lipinski definition) is 2. The Morgan fingerprint density at radius 3 is 3.12 bits per heavy atom. The summed E-state index contributed by atoms with van der Waals surface area (Å²) in [6.45, 7) is 4.95. The minimum atomic E-state index is -0.140. The van der Waals surface area contributed by atoms with Crippen molar-refractivity contribution in [1.82, 2.24) is 10.2 Å². The Morgan fingerprint density at radius 1 is 1.46 bits per heavy atom. The second kappa shape index (κ2) is 7.49. The van der Waals surface area contributed by atoms with Gasteiger partial charge in [-0.1, -0.05) is 24.3 Å². The molecule has 0 saturated carbocycles. The van der Waals surface area contributed by atoms with Gasteiger partial charge in [-0.2, -0.15) is 0 Å². The molecule has 2 heterocycles. The van der Waals surface area contributed by atoms with E-state index in [0.29, 0.717) is 13.1 Å². The van der Waals surface area contributed by atoms with Gasteiger partial charge in [0.15, 0.2) is 0 Å². The van der Waals surface area contributed by atoms with E-state index < -0.39 is 0 Å². The Hall–Kier alpha value is -2.34. The number of rotatable bonds is 4. The number of hydrogen-bond acceptors (Lipinski definition) is 3. The molecule has 0 unspecified atom stereocenters. The molecule has 0 spiro atoms. The van der Waals surface area contributed by atoms with Gasteiger partial charge in [-0.05, 0) is 30.9 Å². The van der Waals surface area contributed by atoms with Crippen molar-refractivity contribution in [2.24, 2.45) is 0 Å². The van der Waals surface area contributed by atoms with Crippen LogP contribution in [0.4, 0.5) is 10.5 Å². The van der Waals surface area contributed by atoms with Crippen LogP contribution in [0, 0.1) is 0 Å². The van der Waals surface area contributed by atoms with Gasteiger partial charge in [-0.3, -0.25) is 4.79 Å². The average molecular weight is 329 g/mol. The zero-order chi connectivity index (χ0) is 16.9. The molecule has 3 rings (SSSR count). The summed E-state index contributed by atoms with van der Waals surface area (Å²) in [5.41, 5.74) is 1.92. The Kier molecular flexibility index (Phi) is 5.15. The molecule has 6 nitrogen and oxygen atoms in total. The van der Waals surface area contributed by atoms with Crippen LogP contribution in [0.25, 0.3) is 0 Å². The minimum absolute atomic E-state index is 0.00614. The zero-order valence-electron chi connectivity index (χ0n) is 13.7. The minimum Gasteiger partial charge on any atom is -0.366 e. The van der Waals surface area contributed by atoms with E-state index in [-0.39, 0.29) is 30.7 Å². The van der Waals surface area contributed by atoms with E-state index >= 15 is 0 Å². The topological polar surface area (TPSA) is 70.7 Å². The predicted octanol–water partition coefficient (Wildman–Crippen LogP) is 1.93. The van der Waals surface area contributed by atoms with Gasteiger partial charge in [0.1, 0.15) is 6.61 Å². The molecule has 2 saturated heterocycles. The molecule has 2 fully saturated rings. The smallest absolute Gasteiger partial charge is 0.321 e. The number of piperidine rings is 1. The number of nitrogens with zero attached hydrogens (tertiary/aromatic N) is 1. The van der Waals surface area contributed by atoms with Gasteiger partial charge in [-0.25, -0.2) is 4.79 Å². The molecular weight excluding hydrogens is 306 g/mol. The first-order chi connectivity index (χ1) is 11.7. The van der Waals surface area contributed by atoms with Crippen LogP contribution in [-0.2, 0) is 16.0 Å². The maximum absolute atomic E-state index is 12.6. The first-order valence-corrected chi connectivity index (χ1v) is 8.33. The van der Waals surface area contributed by atoms with Crippen LogP contribution < -0.4 is 10.6 Å². The lowest BCUT2D eigenvalue weighted by atomic mass is 10.0. The van der Waals surface area contributed by atoms with Crippen LogP contribution in [-0.4, -0.2) is 48.7 Å². The molecule has 2 aliphatic rings. The van der Waals surface area contributed by atoms with Crippen molar-refractivity contribution >= 4 is 17.6 Å². The molecule has 1 aromatic rings. The second-order valence-corrected chi connectivity index (χ2v) is 6.17. The number of carbonyl (C=O) groups is 2. The second-order valence-electron chi connectivity index (χ2n) is 6.17. The molecule has 1 aromatic carbocycles. The molecule has 6 heteroatoms. The number of aryl methyl sites for hydroxylation is 1. The fourth-order valence-corrected chi connectivity index (χ4v) is 3.20. The Morgan fingerprint density at radius 2 is 2.29 bits per heavy atom. The molecule has 2 aliphatic heterocycles. The maximum Gasteiger partial charge on any atom is 0.321 e. The number of nitrogens with one attached hydrogen (secondary N) is 2. The monoisotopic (exact) mass is 329 g/mol. The lowest BCUT2D eigenvalue weighted by Crippen LogP contribution is -2.61. The molecule has 3 amide bonds. The standard InChI is InChI=1S/C18H23N3O3/c1-2-3-6-13-7-4-5-8-14(13)20-18(23)21-10-9-16-15(11-21)19-17(22)12-24-16/h2,4-5,7-8,15-16H,1,3,6,9-12H2,(H,19,22)(H,20,23)/t15-,16+/m0/s1. The third kappa shape index (κ3) is 3.76. The number of likely N-dealkylation sites (tertiary alicyclic amines) is 1. The van der Waals surface area contributed by atoms with Crippen molar-refractivity contribution in [3.8, 4) is 0 Å². The van der Waals surface area contributed by atoms with E-state index in [4.69, 9.17) is 4.74 Å². The van der Waals surface area contributed by atoms with Crippen molar-refractivity contribution in [3.05, 3.63) is 42.5 Å². The van der Waals surface area contributed by atoms with Crippen molar-refractivity contribution in [2.45, 2.75) is 31.4 Å². The van der Waals surface area contributed by atoms with Crippen molar-refractivity contribution in [1.29, 1.82) is 0 Å².